The molecule has 0 N–H and O–H groups in total. The van der Waals surface area contributed by atoms with E-state index in [0.29, 0.717) is 30.2 Å². The van der Waals surface area contributed by atoms with Gasteiger partial charge in [-0.2, -0.15) is 9.97 Å². The standard InChI is InChI=1S/C15H23ClN4O2S/c1-19-5-3-11(4-6-19)22-14-12(23-2)13(16)17-15(18-14)20-7-9-21-10-8-20/h11H,3-10H2,1-2H3. The zero-order valence-corrected chi connectivity index (χ0v) is 15.2. The Morgan fingerprint density at radius 1 is 1.17 bits per heavy atom. The van der Waals surface area contributed by atoms with Crippen molar-refractivity contribution in [2.75, 3.05) is 57.6 Å². The maximum Gasteiger partial charge on any atom is 0.234 e. The highest BCUT2D eigenvalue weighted by Crippen LogP contribution is 2.35. The van der Waals surface area contributed by atoms with Crippen LogP contribution in [0, 0.1) is 0 Å². The fourth-order valence-corrected chi connectivity index (χ4v) is 3.68. The molecule has 0 amide bonds. The summed E-state index contributed by atoms with van der Waals surface area (Å²) >= 11 is 7.91. The topological polar surface area (TPSA) is 50.7 Å². The number of hydrogen-bond acceptors (Lipinski definition) is 7. The Bertz CT molecular complexity index is 534. The lowest BCUT2D eigenvalue weighted by atomic mass is 10.1. The molecule has 0 bridgehead atoms. The van der Waals surface area contributed by atoms with E-state index in [1.807, 2.05) is 6.26 Å². The molecule has 23 heavy (non-hydrogen) atoms. The number of ether oxygens (including phenoxy) is 2. The highest BCUT2D eigenvalue weighted by molar-refractivity contribution is 7.98. The second-order valence-electron chi connectivity index (χ2n) is 5.87. The van der Waals surface area contributed by atoms with Crippen molar-refractivity contribution < 1.29 is 9.47 Å². The maximum atomic E-state index is 6.38. The molecule has 2 aliphatic rings. The Morgan fingerprint density at radius 2 is 1.87 bits per heavy atom. The van der Waals surface area contributed by atoms with Crippen molar-refractivity contribution >= 4 is 29.3 Å². The summed E-state index contributed by atoms with van der Waals surface area (Å²) in [5.74, 6) is 1.26. The Morgan fingerprint density at radius 3 is 2.52 bits per heavy atom. The molecule has 0 saturated carbocycles. The first kappa shape index (κ1) is 17.1. The minimum Gasteiger partial charge on any atom is -0.473 e. The Balaban J connectivity index is 1.80. The summed E-state index contributed by atoms with van der Waals surface area (Å²) in [6, 6.07) is 0. The third kappa shape index (κ3) is 4.21. The molecular weight excluding hydrogens is 336 g/mol. The largest absolute Gasteiger partial charge is 0.473 e. The molecule has 8 heteroatoms. The number of rotatable bonds is 4. The molecule has 0 aromatic carbocycles. The molecule has 3 rings (SSSR count). The van der Waals surface area contributed by atoms with E-state index in [4.69, 9.17) is 21.1 Å². The fraction of sp³-hybridized carbons (Fsp3) is 0.733. The Kier molecular flexibility index (Phi) is 5.85. The van der Waals surface area contributed by atoms with Gasteiger partial charge in [-0.25, -0.2) is 0 Å². The van der Waals surface area contributed by atoms with E-state index in [0.717, 1.165) is 43.9 Å². The summed E-state index contributed by atoms with van der Waals surface area (Å²) in [5.41, 5.74) is 0. The van der Waals surface area contributed by atoms with Gasteiger partial charge < -0.3 is 19.3 Å². The van der Waals surface area contributed by atoms with E-state index >= 15 is 0 Å². The lowest BCUT2D eigenvalue weighted by Crippen LogP contribution is -2.38. The van der Waals surface area contributed by atoms with Crippen LogP contribution in [0.1, 0.15) is 12.8 Å². The summed E-state index contributed by atoms with van der Waals surface area (Å²) in [6.07, 6.45) is 4.19. The first-order valence-corrected chi connectivity index (χ1v) is 9.57. The van der Waals surface area contributed by atoms with Crippen molar-refractivity contribution in [1.82, 2.24) is 14.9 Å². The van der Waals surface area contributed by atoms with E-state index in [-0.39, 0.29) is 6.10 Å². The number of nitrogens with zero attached hydrogens (tertiary/aromatic N) is 4. The van der Waals surface area contributed by atoms with Crippen molar-refractivity contribution in [2.24, 2.45) is 0 Å². The van der Waals surface area contributed by atoms with Gasteiger partial charge in [-0.3, -0.25) is 0 Å². The van der Waals surface area contributed by atoms with Crippen molar-refractivity contribution in [3.8, 4) is 5.88 Å². The predicted molar refractivity (Wildman–Crippen MR) is 93.0 cm³/mol. The van der Waals surface area contributed by atoms with Crippen LogP contribution in [0.2, 0.25) is 5.15 Å². The molecule has 0 spiro atoms. The van der Waals surface area contributed by atoms with Gasteiger partial charge in [0.15, 0.2) is 5.15 Å². The number of likely N-dealkylation sites (tertiary alicyclic amines) is 1. The summed E-state index contributed by atoms with van der Waals surface area (Å²) < 4.78 is 11.6. The second-order valence-corrected chi connectivity index (χ2v) is 7.05. The summed E-state index contributed by atoms with van der Waals surface area (Å²) in [7, 11) is 2.14. The van der Waals surface area contributed by atoms with E-state index < -0.39 is 0 Å². The smallest absolute Gasteiger partial charge is 0.234 e. The van der Waals surface area contributed by atoms with Gasteiger partial charge in [0.1, 0.15) is 11.0 Å². The lowest BCUT2D eigenvalue weighted by Gasteiger charge is -2.30. The molecule has 0 radical (unpaired) electrons. The minimum atomic E-state index is 0.195. The molecule has 2 aliphatic heterocycles. The van der Waals surface area contributed by atoms with Gasteiger partial charge in [0.25, 0.3) is 0 Å². The highest BCUT2D eigenvalue weighted by atomic mass is 35.5. The van der Waals surface area contributed by atoms with Gasteiger partial charge in [-0.1, -0.05) is 11.6 Å². The van der Waals surface area contributed by atoms with E-state index in [9.17, 15) is 0 Å². The summed E-state index contributed by atoms with van der Waals surface area (Å²) in [5, 5.41) is 0.469. The van der Waals surface area contributed by atoms with Crippen molar-refractivity contribution in [2.45, 2.75) is 23.8 Å². The normalized spacial score (nSPS) is 20.7. The average Bonchev–Trinajstić information content (AvgIpc) is 2.57. The number of thioether (sulfide) groups is 1. The Labute approximate surface area is 146 Å². The average molecular weight is 359 g/mol. The Hall–Kier alpha value is -0.760. The number of halogens is 1. The van der Waals surface area contributed by atoms with E-state index in [1.165, 1.54) is 11.8 Å². The monoisotopic (exact) mass is 358 g/mol. The van der Waals surface area contributed by atoms with Crippen molar-refractivity contribution in [3.63, 3.8) is 0 Å². The van der Waals surface area contributed by atoms with E-state index in [2.05, 4.69) is 26.8 Å². The fourth-order valence-electron chi connectivity index (χ4n) is 2.81. The zero-order chi connectivity index (χ0) is 16.2. The third-order valence-electron chi connectivity index (χ3n) is 4.22. The quantitative estimate of drug-likeness (QED) is 0.603. The van der Waals surface area contributed by atoms with Crippen LogP contribution in [0.5, 0.6) is 5.88 Å². The molecule has 128 valence electrons. The lowest BCUT2D eigenvalue weighted by molar-refractivity contribution is 0.106. The molecule has 0 unspecified atom stereocenters. The van der Waals surface area contributed by atoms with E-state index in [1.54, 1.807) is 0 Å². The zero-order valence-electron chi connectivity index (χ0n) is 13.6. The SMILES string of the molecule is CSc1c(Cl)nc(N2CCOCC2)nc1OC1CCN(C)CC1. The summed E-state index contributed by atoms with van der Waals surface area (Å²) in [4.78, 5) is 14.3. The molecular formula is C15H23ClN4O2S. The van der Waals surface area contributed by atoms with Gasteiger partial charge in [-0.15, -0.1) is 11.8 Å². The molecule has 2 saturated heterocycles. The van der Waals surface area contributed by atoms with Crippen LogP contribution in [0.15, 0.2) is 4.90 Å². The van der Waals surface area contributed by atoms with Gasteiger partial charge >= 0.3 is 0 Å². The summed E-state index contributed by atoms with van der Waals surface area (Å²) in [6.45, 7) is 5.04. The number of anilines is 1. The maximum absolute atomic E-state index is 6.38. The highest BCUT2D eigenvalue weighted by Gasteiger charge is 2.24. The van der Waals surface area contributed by atoms with Crippen LogP contribution in [0.4, 0.5) is 5.95 Å². The third-order valence-corrected chi connectivity index (χ3v) is 5.39. The first-order valence-electron chi connectivity index (χ1n) is 7.97. The number of morpholine rings is 1. The molecule has 0 aliphatic carbocycles. The first-order chi connectivity index (χ1) is 11.2. The van der Waals surface area contributed by atoms with Crippen LogP contribution in [-0.4, -0.2) is 73.7 Å². The van der Waals surface area contributed by atoms with Crippen molar-refractivity contribution in [3.05, 3.63) is 5.15 Å². The predicted octanol–water partition coefficient (Wildman–Crippen LogP) is 2.16. The van der Waals surface area contributed by atoms with Crippen LogP contribution >= 0.6 is 23.4 Å². The second kappa shape index (κ2) is 7.88. The molecule has 0 atom stereocenters. The van der Waals surface area contributed by atoms with Gasteiger partial charge in [-0.05, 0) is 26.1 Å². The number of hydrogen-bond donors (Lipinski definition) is 0. The van der Waals surface area contributed by atoms with Crippen LogP contribution < -0.4 is 9.64 Å². The van der Waals surface area contributed by atoms with Crippen molar-refractivity contribution in [1.29, 1.82) is 0 Å². The van der Waals surface area contributed by atoms with Gasteiger partial charge in [0.05, 0.1) is 13.2 Å². The van der Waals surface area contributed by atoms with Gasteiger partial charge in [0.2, 0.25) is 11.8 Å². The molecule has 1 aromatic heterocycles. The molecule has 3 heterocycles. The number of piperidine rings is 1. The van der Waals surface area contributed by atoms with Crippen LogP contribution in [0.25, 0.3) is 0 Å². The molecule has 6 nitrogen and oxygen atoms in total. The number of aromatic nitrogens is 2. The molecule has 1 aromatic rings. The molecule has 2 fully saturated rings. The van der Waals surface area contributed by atoms with Crippen LogP contribution in [0.3, 0.4) is 0 Å². The minimum absolute atomic E-state index is 0.195. The van der Waals surface area contributed by atoms with Crippen LogP contribution in [-0.2, 0) is 4.74 Å². The van der Waals surface area contributed by atoms with Gasteiger partial charge in [0, 0.05) is 26.2 Å².